The Kier molecular flexibility index (Phi) is 2.73. The molecular formula is C14H10ClNOS. The van der Waals surface area contributed by atoms with Gasteiger partial charge in [0, 0.05) is 5.02 Å². The fourth-order valence-corrected chi connectivity index (χ4v) is 3.10. The van der Waals surface area contributed by atoms with E-state index in [2.05, 4.69) is 4.98 Å². The normalized spacial score (nSPS) is 11.0. The molecule has 0 radical (unpaired) electrons. The molecule has 3 aromatic rings. The van der Waals surface area contributed by atoms with E-state index in [-0.39, 0.29) is 5.75 Å². The maximum atomic E-state index is 9.91. The van der Waals surface area contributed by atoms with Crippen molar-refractivity contribution < 1.29 is 5.11 Å². The highest BCUT2D eigenvalue weighted by atomic mass is 35.5. The van der Waals surface area contributed by atoms with E-state index in [4.69, 9.17) is 11.6 Å². The Hall–Kier alpha value is -1.58. The minimum absolute atomic E-state index is 0.255. The van der Waals surface area contributed by atoms with E-state index in [1.165, 1.54) is 11.3 Å². The SMILES string of the molecule is Cc1ccc(O)c(-c2nc3ccc(Cl)cc3s2)c1. The molecule has 0 aliphatic heterocycles. The number of hydrogen-bond acceptors (Lipinski definition) is 3. The zero-order valence-corrected chi connectivity index (χ0v) is 11.2. The molecule has 0 aliphatic rings. The molecule has 1 aromatic heterocycles. The predicted molar refractivity (Wildman–Crippen MR) is 76.5 cm³/mol. The maximum Gasteiger partial charge on any atom is 0.128 e. The number of halogens is 1. The molecule has 90 valence electrons. The lowest BCUT2D eigenvalue weighted by Crippen LogP contribution is -1.79. The molecule has 0 saturated carbocycles. The van der Waals surface area contributed by atoms with Crippen molar-refractivity contribution in [1.82, 2.24) is 4.98 Å². The molecule has 3 rings (SSSR count). The zero-order chi connectivity index (χ0) is 12.7. The fraction of sp³-hybridized carbons (Fsp3) is 0.0714. The van der Waals surface area contributed by atoms with E-state index in [1.54, 1.807) is 6.07 Å². The number of fused-ring (bicyclic) bond motifs is 1. The fourth-order valence-electron chi connectivity index (χ4n) is 1.83. The topological polar surface area (TPSA) is 33.1 Å². The average Bonchev–Trinajstić information content (AvgIpc) is 2.74. The molecule has 0 amide bonds. The highest BCUT2D eigenvalue weighted by Crippen LogP contribution is 2.36. The molecule has 0 unspecified atom stereocenters. The van der Waals surface area contributed by atoms with E-state index < -0.39 is 0 Å². The van der Waals surface area contributed by atoms with Crippen LogP contribution in [0.1, 0.15) is 5.56 Å². The number of aryl methyl sites for hydroxylation is 1. The van der Waals surface area contributed by atoms with Crippen LogP contribution in [0, 0.1) is 6.92 Å². The molecule has 4 heteroatoms. The van der Waals surface area contributed by atoms with Crippen LogP contribution in [-0.4, -0.2) is 10.1 Å². The van der Waals surface area contributed by atoms with Crippen LogP contribution in [0.3, 0.4) is 0 Å². The number of rotatable bonds is 1. The Morgan fingerprint density at radius 2 is 2.00 bits per heavy atom. The lowest BCUT2D eigenvalue weighted by Gasteiger charge is -2.01. The monoisotopic (exact) mass is 275 g/mol. The summed E-state index contributed by atoms with van der Waals surface area (Å²) < 4.78 is 1.03. The summed E-state index contributed by atoms with van der Waals surface area (Å²) in [6.07, 6.45) is 0. The summed E-state index contributed by atoms with van der Waals surface area (Å²) in [5, 5.41) is 11.4. The molecule has 0 fully saturated rings. The Morgan fingerprint density at radius 1 is 1.17 bits per heavy atom. The van der Waals surface area contributed by atoms with E-state index in [0.29, 0.717) is 5.02 Å². The first-order chi connectivity index (χ1) is 8.63. The third-order valence-electron chi connectivity index (χ3n) is 2.73. The summed E-state index contributed by atoms with van der Waals surface area (Å²) in [7, 11) is 0. The number of aromatic nitrogens is 1. The Morgan fingerprint density at radius 3 is 2.83 bits per heavy atom. The van der Waals surface area contributed by atoms with Gasteiger partial charge in [-0.05, 0) is 37.3 Å². The van der Waals surface area contributed by atoms with Crippen LogP contribution in [0.25, 0.3) is 20.8 Å². The third kappa shape index (κ3) is 1.96. The molecule has 0 saturated heterocycles. The van der Waals surface area contributed by atoms with Gasteiger partial charge in [0.25, 0.3) is 0 Å². The lowest BCUT2D eigenvalue weighted by molar-refractivity contribution is 0.477. The van der Waals surface area contributed by atoms with Crippen LogP contribution in [-0.2, 0) is 0 Å². The lowest BCUT2D eigenvalue weighted by atomic mass is 10.1. The second kappa shape index (κ2) is 4.26. The second-order valence-electron chi connectivity index (χ2n) is 4.15. The van der Waals surface area contributed by atoms with Crippen molar-refractivity contribution in [1.29, 1.82) is 0 Å². The molecule has 0 atom stereocenters. The molecule has 18 heavy (non-hydrogen) atoms. The molecule has 1 heterocycles. The number of thiazole rings is 1. The van der Waals surface area contributed by atoms with Crippen molar-refractivity contribution in [3.05, 3.63) is 47.0 Å². The number of phenolic OH excluding ortho intramolecular Hbond substituents is 1. The van der Waals surface area contributed by atoms with Gasteiger partial charge in [-0.2, -0.15) is 0 Å². The van der Waals surface area contributed by atoms with Crippen LogP contribution in [0.5, 0.6) is 5.75 Å². The first-order valence-electron chi connectivity index (χ1n) is 5.49. The number of hydrogen-bond donors (Lipinski definition) is 1. The van der Waals surface area contributed by atoms with Gasteiger partial charge in [0.05, 0.1) is 15.8 Å². The van der Waals surface area contributed by atoms with Gasteiger partial charge in [0.2, 0.25) is 0 Å². The minimum Gasteiger partial charge on any atom is -0.507 e. The largest absolute Gasteiger partial charge is 0.507 e. The van der Waals surface area contributed by atoms with Crippen LogP contribution < -0.4 is 0 Å². The highest BCUT2D eigenvalue weighted by Gasteiger charge is 2.10. The van der Waals surface area contributed by atoms with E-state index in [9.17, 15) is 5.11 Å². The summed E-state index contributed by atoms with van der Waals surface area (Å²) >= 11 is 7.49. The summed E-state index contributed by atoms with van der Waals surface area (Å²) in [4.78, 5) is 4.53. The van der Waals surface area contributed by atoms with Crippen molar-refractivity contribution in [3.8, 4) is 16.3 Å². The van der Waals surface area contributed by atoms with Crippen molar-refractivity contribution >= 4 is 33.2 Å². The molecule has 2 aromatic carbocycles. The van der Waals surface area contributed by atoms with Crippen LogP contribution in [0.4, 0.5) is 0 Å². The van der Waals surface area contributed by atoms with Crippen molar-refractivity contribution in [2.45, 2.75) is 6.92 Å². The van der Waals surface area contributed by atoms with Gasteiger partial charge in [-0.1, -0.05) is 23.2 Å². The summed E-state index contributed by atoms with van der Waals surface area (Å²) in [6.45, 7) is 1.99. The molecule has 0 spiro atoms. The van der Waals surface area contributed by atoms with Gasteiger partial charge in [-0.25, -0.2) is 4.98 Å². The number of phenols is 1. The quantitative estimate of drug-likeness (QED) is 0.702. The van der Waals surface area contributed by atoms with Crippen molar-refractivity contribution in [2.24, 2.45) is 0 Å². The average molecular weight is 276 g/mol. The molecule has 0 bridgehead atoms. The van der Waals surface area contributed by atoms with Crippen LogP contribution in [0.2, 0.25) is 5.02 Å². The van der Waals surface area contributed by atoms with Crippen LogP contribution in [0.15, 0.2) is 36.4 Å². The standard InChI is InChI=1S/C14H10ClNOS/c1-8-2-5-12(17)10(6-8)14-16-11-4-3-9(15)7-13(11)18-14/h2-7,17H,1H3. The minimum atomic E-state index is 0.255. The van der Waals surface area contributed by atoms with Crippen molar-refractivity contribution in [2.75, 3.05) is 0 Å². The zero-order valence-electron chi connectivity index (χ0n) is 9.64. The van der Waals surface area contributed by atoms with Gasteiger partial charge in [0.15, 0.2) is 0 Å². The highest BCUT2D eigenvalue weighted by molar-refractivity contribution is 7.21. The Labute approximate surface area is 113 Å². The number of benzene rings is 2. The predicted octanol–water partition coefficient (Wildman–Crippen LogP) is 4.63. The summed E-state index contributed by atoms with van der Waals surface area (Å²) in [6, 6.07) is 11.1. The Balaban J connectivity index is 2.22. The molecule has 1 N–H and O–H groups in total. The number of aromatic hydroxyl groups is 1. The second-order valence-corrected chi connectivity index (χ2v) is 5.62. The van der Waals surface area contributed by atoms with Crippen molar-refractivity contribution in [3.63, 3.8) is 0 Å². The first-order valence-corrected chi connectivity index (χ1v) is 6.69. The smallest absolute Gasteiger partial charge is 0.128 e. The molecule has 2 nitrogen and oxygen atoms in total. The maximum absolute atomic E-state index is 9.91. The van der Waals surface area contributed by atoms with Gasteiger partial charge in [-0.15, -0.1) is 11.3 Å². The summed E-state index contributed by atoms with van der Waals surface area (Å²) in [5.41, 5.74) is 2.77. The van der Waals surface area contributed by atoms with Gasteiger partial charge in [0.1, 0.15) is 10.8 Å². The third-order valence-corrected chi connectivity index (χ3v) is 4.02. The first kappa shape index (κ1) is 11.5. The molecular weight excluding hydrogens is 266 g/mol. The van der Waals surface area contributed by atoms with Gasteiger partial charge >= 0.3 is 0 Å². The summed E-state index contributed by atoms with van der Waals surface area (Å²) in [5.74, 6) is 0.255. The van der Waals surface area contributed by atoms with E-state index >= 15 is 0 Å². The van der Waals surface area contributed by atoms with E-state index in [0.717, 1.165) is 26.4 Å². The van der Waals surface area contributed by atoms with E-state index in [1.807, 2.05) is 37.3 Å². The molecule has 0 aliphatic carbocycles. The van der Waals surface area contributed by atoms with Gasteiger partial charge < -0.3 is 5.11 Å². The Bertz CT molecular complexity index is 736. The van der Waals surface area contributed by atoms with Crippen LogP contribution >= 0.6 is 22.9 Å². The number of nitrogens with zero attached hydrogens (tertiary/aromatic N) is 1. The van der Waals surface area contributed by atoms with Gasteiger partial charge in [-0.3, -0.25) is 0 Å².